The molecular weight excluding hydrogens is 232 g/mol. The Morgan fingerprint density at radius 1 is 1.44 bits per heavy atom. The molecule has 1 aliphatic rings. The maximum absolute atomic E-state index is 11.4. The summed E-state index contributed by atoms with van der Waals surface area (Å²) in [5.41, 5.74) is 0. The molecule has 2 rings (SSSR count). The predicted octanol–water partition coefficient (Wildman–Crippen LogP) is 0.462. The predicted molar refractivity (Wildman–Crippen MR) is 65.7 cm³/mol. The molecule has 0 aliphatic carbocycles. The molecule has 1 saturated heterocycles. The van der Waals surface area contributed by atoms with E-state index in [1.807, 2.05) is 6.92 Å². The van der Waals surface area contributed by atoms with Gasteiger partial charge < -0.3 is 9.42 Å². The third-order valence-electron chi connectivity index (χ3n) is 3.04. The van der Waals surface area contributed by atoms with E-state index in [1.165, 1.54) is 6.08 Å². The third kappa shape index (κ3) is 2.95. The van der Waals surface area contributed by atoms with Crippen LogP contribution in [0.2, 0.25) is 0 Å². The van der Waals surface area contributed by atoms with Crippen molar-refractivity contribution in [3.8, 4) is 0 Å². The molecule has 6 heteroatoms. The number of carbonyl (C=O) groups is 1. The number of piperazine rings is 1. The van der Waals surface area contributed by atoms with Crippen LogP contribution in [0.5, 0.6) is 0 Å². The van der Waals surface area contributed by atoms with Crippen molar-refractivity contribution in [3.05, 3.63) is 24.4 Å². The topological polar surface area (TPSA) is 62.5 Å². The highest BCUT2D eigenvalue weighted by Crippen LogP contribution is 2.07. The first-order chi connectivity index (χ1) is 8.72. The Kier molecular flexibility index (Phi) is 4.09. The lowest BCUT2D eigenvalue weighted by molar-refractivity contribution is -0.127. The van der Waals surface area contributed by atoms with E-state index in [0.717, 1.165) is 38.4 Å². The van der Waals surface area contributed by atoms with Crippen molar-refractivity contribution in [2.24, 2.45) is 0 Å². The lowest BCUT2D eigenvalue weighted by Crippen LogP contribution is -2.47. The highest BCUT2D eigenvalue weighted by molar-refractivity contribution is 5.87. The number of nitrogens with zero attached hydrogens (tertiary/aromatic N) is 4. The van der Waals surface area contributed by atoms with Gasteiger partial charge in [0.25, 0.3) is 0 Å². The van der Waals surface area contributed by atoms with Crippen LogP contribution in [0, 0.1) is 0 Å². The van der Waals surface area contributed by atoms with Gasteiger partial charge in [0.1, 0.15) is 0 Å². The van der Waals surface area contributed by atoms with E-state index >= 15 is 0 Å². The highest BCUT2D eigenvalue weighted by Gasteiger charge is 2.20. The summed E-state index contributed by atoms with van der Waals surface area (Å²) in [7, 11) is 0. The Morgan fingerprint density at radius 2 is 2.17 bits per heavy atom. The zero-order chi connectivity index (χ0) is 13.0. The summed E-state index contributed by atoms with van der Waals surface area (Å²) in [6.45, 7) is 9.27. The van der Waals surface area contributed by atoms with Gasteiger partial charge in [0.05, 0.1) is 6.54 Å². The number of hydrogen-bond donors (Lipinski definition) is 0. The number of aryl methyl sites for hydroxylation is 1. The molecule has 0 bridgehead atoms. The normalized spacial score (nSPS) is 16.8. The van der Waals surface area contributed by atoms with Crippen molar-refractivity contribution in [2.45, 2.75) is 19.9 Å². The zero-order valence-electron chi connectivity index (χ0n) is 10.6. The maximum Gasteiger partial charge on any atom is 0.246 e. The molecule has 0 aromatic carbocycles. The summed E-state index contributed by atoms with van der Waals surface area (Å²) in [5.74, 6) is 1.39. The van der Waals surface area contributed by atoms with Crippen molar-refractivity contribution in [2.75, 3.05) is 26.2 Å². The van der Waals surface area contributed by atoms with Crippen LogP contribution in [0.3, 0.4) is 0 Å². The lowest BCUT2D eigenvalue weighted by Gasteiger charge is -2.33. The average molecular weight is 250 g/mol. The first-order valence-electron chi connectivity index (χ1n) is 6.18. The van der Waals surface area contributed by atoms with Crippen LogP contribution in [0.4, 0.5) is 0 Å². The number of amides is 1. The standard InChI is InChI=1S/C12H18N4O2/c1-3-11-13-10(14-18-11)9-15-5-7-16(8-6-15)12(17)4-2/h4H,2-3,5-9H2,1H3. The quantitative estimate of drug-likeness (QED) is 0.727. The van der Waals surface area contributed by atoms with E-state index in [1.54, 1.807) is 4.90 Å². The number of aromatic nitrogens is 2. The van der Waals surface area contributed by atoms with Crippen LogP contribution < -0.4 is 0 Å². The van der Waals surface area contributed by atoms with Gasteiger partial charge in [0.2, 0.25) is 11.8 Å². The van der Waals surface area contributed by atoms with Crippen LogP contribution in [0.15, 0.2) is 17.2 Å². The molecule has 0 atom stereocenters. The van der Waals surface area contributed by atoms with E-state index in [-0.39, 0.29) is 5.91 Å². The molecular formula is C12H18N4O2. The van der Waals surface area contributed by atoms with Crippen LogP contribution in [0.25, 0.3) is 0 Å². The molecule has 98 valence electrons. The monoisotopic (exact) mass is 250 g/mol. The van der Waals surface area contributed by atoms with Gasteiger partial charge in [-0.15, -0.1) is 0 Å². The van der Waals surface area contributed by atoms with Crippen molar-refractivity contribution in [1.29, 1.82) is 0 Å². The molecule has 1 aliphatic heterocycles. The Hall–Kier alpha value is -1.69. The second kappa shape index (κ2) is 5.77. The molecule has 1 fully saturated rings. The minimum Gasteiger partial charge on any atom is -0.339 e. The molecule has 0 radical (unpaired) electrons. The maximum atomic E-state index is 11.4. The van der Waals surface area contributed by atoms with Gasteiger partial charge in [-0.25, -0.2) is 0 Å². The third-order valence-corrected chi connectivity index (χ3v) is 3.04. The fourth-order valence-corrected chi connectivity index (χ4v) is 1.95. The Bertz CT molecular complexity index is 421. The van der Waals surface area contributed by atoms with Crippen molar-refractivity contribution < 1.29 is 9.32 Å². The molecule has 0 N–H and O–H groups in total. The summed E-state index contributed by atoms with van der Waals surface area (Å²) in [6, 6.07) is 0. The second-order valence-electron chi connectivity index (χ2n) is 4.26. The lowest BCUT2D eigenvalue weighted by atomic mass is 10.3. The van der Waals surface area contributed by atoms with Gasteiger partial charge >= 0.3 is 0 Å². The summed E-state index contributed by atoms with van der Waals surface area (Å²) >= 11 is 0. The van der Waals surface area contributed by atoms with Gasteiger partial charge in [0, 0.05) is 32.6 Å². The summed E-state index contributed by atoms with van der Waals surface area (Å²) in [6.07, 6.45) is 2.12. The van der Waals surface area contributed by atoms with Crippen LogP contribution in [-0.4, -0.2) is 52.0 Å². The zero-order valence-corrected chi connectivity index (χ0v) is 10.6. The van der Waals surface area contributed by atoms with Crippen molar-refractivity contribution >= 4 is 5.91 Å². The van der Waals surface area contributed by atoms with E-state index in [9.17, 15) is 4.79 Å². The first kappa shape index (κ1) is 12.8. The van der Waals surface area contributed by atoms with Crippen LogP contribution in [0.1, 0.15) is 18.6 Å². The number of rotatable bonds is 4. The van der Waals surface area contributed by atoms with E-state index < -0.39 is 0 Å². The molecule has 2 heterocycles. The molecule has 0 saturated carbocycles. The molecule has 18 heavy (non-hydrogen) atoms. The Balaban J connectivity index is 1.83. The van der Waals surface area contributed by atoms with Crippen LogP contribution in [-0.2, 0) is 17.8 Å². The Labute approximate surface area is 106 Å². The summed E-state index contributed by atoms with van der Waals surface area (Å²) in [4.78, 5) is 19.7. The highest BCUT2D eigenvalue weighted by atomic mass is 16.5. The molecule has 1 amide bonds. The van der Waals surface area contributed by atoms with Gasteiger partial charge in [-0.2, -0.15) is 4.98 Å². The number of hydrogen-bond acceptors (Lipinski definition) is 5. The summed E-state index contributed by atoms with van der Waals surface area (Å²) in [5, 5.41) is 3.93. The molecule has 1 aromatic rings. The van der Waals surface area contributed by atoms with Gasteiger partial charge in [-0.05, 0) is 6.08 Å². The fourth-order valence-electron chi connectivity index (χ4n) is 1.95. The minimum atomic E-state index is 0.00230. The molecule has 1 aromatic heterocycles. The van der Waals surface area contributed by atoms with Gasteiger partial charge in [-0.1, -0.05) is 18.7 Å². The minimum absolute atomic E-state index is 0.00230. The van der Waals surface area contributed by atoms with E-state index in [4.69, 9.17) is 4.52 Å². The molecule has 0 spiro atoms. The second-order valence-corrected chi connectivity index (χ2v) is 4.26. The van der Waals surface area contributed by atoms with Gasteiger partial charge in [0.15, 0.2) is 5.82 Å². The molecule has 6 nitrogen and oxygen atoms in total. The van der Waals surface area contributed by atoms with Crippen LogP contribution >= 0.6 is 0 Å². The van der Waals surface area contributed by atoms with Gasteiger partial charge in [-0.3, -0.25) is 9.69 Å². The number of carbonyl (C=O) groups excluding carboxylic acids is 1. The van der Waals surface area contributed by atoms with E-state index in [0.29, 0.717) is 12.4 Å². The largest absolute Gasteiger partial charge is 0.339 e. The fraction of sp³-hybridized carbons (Fsp3) is 0.583. The molecule has 0 unspecified atom stereocenters. The first-order valence-corrected chi connectivity index (χ1v) is 6.18. The average Bonchev–Trinajstić information content (AvgIpc) is 2.86. The van der Waals surface area contributed by atoms with E-state index in [2.05, 4.69) is 21.6 Å². The summed E-state index contributed by atoms with van der Waals surface area (Å²) < 4.78 is 5.07. The Morgan fingerprint density at radius 3 is 2.72 bits per heavy atom. The smallest absolute Gasteiger partial charge is 0.246 e. The van der Waals surface area contributed by atoms with Crippen molar-refractivity contribution in [1.82, 2.24) is 19.9 Å². The SMILES string of the molecule is C=CC(=O)N1CCN(Cc2noc(CC)n2)CC1. The van der Waals surface area contributed by atoms with Crippen molar-refractivity contribution in [3.63, 3.8) is 0 Å².